The average Bonchev–Trinajstić information content (AvgIpc) is 3.68. The van der Waals surface area contributed by atoms with Gasteiger partial charge in [0.25, 0.3) is 0 Å². The van der Waals surface area contributed by atoms with Crippen LogP contribution in [0.25, 0.3) is 81.6 Å². The summed E-state index contributed by atoms with van der Waals surface area (Å²) in [6.45, 7) is 11.2. The second-order valence-electron chi connectivity index (χ2n) is 15.2. The minimum Gasteiger partial charge on any atom is -0.507 e. The maximum absolute atomic E-state index is 11.2. The summed E-state index contributed by atoms with van der Waals surface area (Å²) in [6.07, 6.45) is 1.02. The number of para-hydroxylation sites is 3. The Labute approximate surface area is 307 Å². The van der Waals surface area contributed by atoms with Crippen LogP contribution in [0.1, 0.15) is 37.5 Å². The fourth-order valence-electron chi connectivity index (χ4n) is 7.76. The van der Waals surface area contributed by atoms with E-state index in [2.05, 4.69) is 136 Å². The van der Waals surface area contributed by atoms with Crippen molar-refractivity contribution in [1.29, 1.82) is 0 Å². The van der Waals surface area contributed by atoms with Crippen molar-refractivity contribution in [2.45, 2.75) is 41.0 Å². The first-order chi connectivity index (χ1) is 25.1. The van der Waals surface area contributed by atoms with E-state index in [1.165, 1.54) is 37.5 Å². The number of aromatic hydroxyl groups is 1. The summed E-state index contributed by atoms with van der Waals surface area (Å²) in [7, 11) is 0. The first kappa shape index (κ1) is 32.1. The minimum absolute atomic E-state index is 0.212. The molecule has 0 atom stereocenters. The molecule has 9 aromatic rings. The Kier molecular flexibility index (Phi) is 7.53. The summed E-state index contributed by atoms with van der Waals surface area (Å²) in [4.78, 5) is 10.8. The van der Waals surface area contributed by atoms with Crippen LogP contribution < -0.4 is 0 Å². The number of pyridine rings is 1. The highest BCUT2D eigenvalue weighted by Gasteiger charge is 2.23. The lowest BCUT2D eigenvalue weighted by Crippen LogP contribution is -2.08. The zero-order valence-electron chi connectivity index (χ0n) is 30.0. The van der Waals surface area contributed by atoms with Gasteiger partial charge < -0.3 is 5.11 Å². The van der Waals surface area contributed by atoms with Crippen molar-refractivity contribution >= 4 is 53.3 Å². The number of hydrogen-bond donors (Lipinski definition) is 1. The fourth-order valence-corrected chi connectivity index (χ4v) is 8.97. The van der Waals surface area contributed by atoms with Crippen LogP contribution in [0, 0.1) is 19.3 Å². The number of thiophene rings is 1. The number of imidazole rings is 1. The van der Waals surface area contributed by atoms with Gasteiger partial charge in [-0.05, 0) is 89.5 Å². The molecular weight excluding hydrogens is 655 g/mol. The van der Waals surface area contributed by atoms with Crippen molar-refractivity contribution in [3.63, 3.8) is 0 Å². The zero-order valence-corrected chi connectivity index (χ0v) is 30.8. The van der Waals surface area contributed by atoms with Crippen LogP contribution >= 0.6 is 11.3 Å². The van der Waals surface area contributed by atoms with E-state index in [0.717, 1.165) is 67.1 Å². The van der Waals surface area contributed by atoms with Crippen LogP contribution in [0.5, 0.6) is 5.75 Å². The number of hydrogen-bond acceptors (Lipinski definition) is 4. The molecule has 0 unspecified atom stereocenters. The fraction of sp³-hybridized carbons (Fsp3) is 0.149. The Hall–Kier alpha value is -5.78. The maximum atomic E-state index is 11.2. The number of benzene rings is 6. The number of phenols is 1. The molecule has 4 nitrogen and oxygen atoms in total. The van der Waals surface area contributed by atoms with E-state index in [0.29, 0.717) is 0 Å². The standard InChI is InChI=1S/C47H39N3OS/c1-28-13-11-14-29(2)44(28)50-39-19-12-18-34(42(39)49-46(50)31-15-7-6-8-16-31)38-26-37-36-24-32-22-21-30(27-47(3,4)5)23-33(32)25-41(36)52-45(37)43(48-38)35-17-9-10-20-40(35)51/h6-26,51H,27H2,1-5H3. The molecule has 0 amide bonds. The van der Waals surface area contributed by atoms with Crippen LogP contribution in [0.15, 0.2) is 127 Å². The van der Waals surface area contributed by atoms with Gasteiger partial charge in [0, 0.05) is 32.2 Å². The summed E-state index contributed by atoms with van der Waals surface area (Å²) in [6, 6.07) is 44.5. The number of nitrogens with zero attached hydrogens (tertiary/aromatic N) is 3. The lowest BCUT2D eigenvalue weighted by molar-refractivity contribution is 0.411. The Morgan fingerprint density at radius 1 is 0.673 bits per heavy atom. The van der Waals surface area contributed by atoms with Crippen LogP contribution in [-0.2, 0) is 6.42 Å². The summed E-state index contributed by atoms with van der Waals surface area (Å²) >= 11 is 1.74. The molecule has 0 aliphatic rings. The predicted molar refractivity (Wildman–Crippen MR) is 220 cm³/mol. The van der Waals surface area contributed by atoms with Gasteiger partial charge in [-0.1, -0.05) is 112 Å². The van der Waals surface area contributed by atoms with Gasteiger partial charge in [0.1, 0.15) is 11.6 Å². The third kappa shape index (κ3) is 5.44. The Balaban J connectivity index is 1.33. The van der Waals surface area contributed by atoms with Crippen LogP contribution in [0.4, 0.5) is 0 Å². The highest BCUT2D eigenvalue weighted by Crippen LogP contribution is 2.45. The molecule has 0 spiro atoms. The van der Waals surface area contributed by atoms with Gasteiger partial charge in [-0.25, -0.2) is 9.97 Å². The number of rotatable bonds is 5. The molecule has 0 aliphatic heterocycles. The largest absolute Gasteiger partial charge is 0.507 e. The number of fused-ring (bicyclic) bond motifs is 5. The molecule has 5 heteroatoms. The van der Waals surface area contributed by atoms with E-state index < -0.39 is 0 Å². The normalized spacial score (nSPS) is 12.1. The first-order valence-corrected chi connectivity index (χ1v) is 18.7. The summed E-state index contributed by atoms with van der Waals surface area (Å²) in [5, 5.41) is 16.0. The summed E-state index contributed by atoms with van der Waals surface area (Å²) in [5.74, 6) is 1.10. The maximum Gasteiger partial charge on any atom is 0.145 e. The smallest absolute Gasteiger partial charge is 0.145 e. The highest BCUT2D eigenvalue weighted by molar-refractivity contribution is 7.26. The molecule has 3 heterocycles. The summed E-state index contributed by atoms with van der Waals surface area (Å²) in [5.41, 5.74) is 11.3. The second kappa shape index (κ2) is 12.2. The molecule has 254 valence electrons. The van der Waals surface area contributed by atoms with Crippen molar-refractivity contribution in [3.8, 4) is 45.3 Å². The Bertz CT molecular complexity index is 2820. The molecule has 0 radical (unpaired) electrons. The van der Waals surface area contributed by atoms with Gasteiger partial charge in [-0.2, -0.15) is 0 Å². The molecular formula is C47H39N3OS. The van der Waals surface area contributed by atoms with Crippen molar-refractivity contribution in [1.82, 2.24) is 14.5 Å². The van der Waals surface area contributed by atoms with Crippen LogP contribution in [-0.4, -0.2) is 19.6 Å². The van der Waals surface area contributed by atoms with Gasteiger partial charge in [-0.15, -0.1) is 11.3 Å². The molecule has 0 saturated carbocycles. The third-order valence-electron chi connectivity index (χ3n) is 10.0. The van der Waals surface area contributed by atoms with Gasteiger partial charge in [-0.3, -0.25) is 4.57 Å². The lowest BCUT2D eigenvalue weighted by Gasteiger charge is -2.18. The van der Waals surface area contributed by atoms with Crippen molar-refractivity contribution in [2.24, 2.45) is 5.41 Å². The van der Waals surface area contributed by atoms with Crippen LogP contribution in [0.3, 0.4) is 0 Å². The van der Waals surface area contributed by atoms with E-state index in [1.54, 1.807) is 17.4 Å². The van der Waals surface area contributed by atoms with E-state index in [1.807, 2.05) is 24.3 Å². The predicted octanol–water partition coefficient (Wildman–Crippen LogP) is 12.9. The molecule has 0 bridgehead atoms. The third-order valence-corrected chi connectivity index (χ3v) is 11.2. The van der Waals surface area contributed by atoms with Gasteiger partial charge in [0.05, 0.1) is 32.8 Å². The summed E-state index contributed by atoms with van der Waals surface area (Å²) < 4.78 is 4.57. The number of phenolic OH excluding ortho intramolecular Hbond substituents is 1. The van der Waals surface area contributed by atoms with Gasteiger partial charge in [0.15, 0.2) is 0 Å². The molecule has 0 fully saturated rings. The molecule has 0 saturated heterocycles. The topological polar surface area (TPSA) is 50.9 Å². The monoisotopic (exact) mass is 693 g/mol. The average molecular weight is 694 g/mol. The van der Waals surface area contributed by atoms with E-state index in [-0.39, 0.29) is 11.2 Å². The SMILES string of the molecule is Cc1cccc(C)c1-n1c(-c2ccccc2)nc2c(-c3cc4c(sc5cc6cc(CC(C)(C)C)ccc6cc54)c(-c4ccccc4O)n3)cccc21. The molecule has 1 N–H and O–H groups in total. The molecule has 9 rings (SSSR count). The van der Waals surface area contributed by atoms with Gasteiger partial charge in [0.2, 0.25) is 0 Å². The second-order valence-corrected chi connectivity index (χ2v) is 16.2. The van der Waals surface area contributed by atoms with Gasteiger partial charge >= 0.3 is 0 Å². The molecule has 6 aromatic carbocycles. The van der Waals surface area contributed by atoms with E-state index in [4.69, 9.17) is 9.97 Å². The van der Waals surface area contributed by atoms with Crippen LogP contribution in [0.2, 0.25) is 0 Å². The molecule has 3 aromatic heterocycles. The van der Waals surface area contributed by atoms with Crippen molar-refractivity contribution in [2.75, 3.05) is 0 Å². The van der Waals surface area contributed by atoms with Crippen molar-refractivity contribution in [3.05, 3.63) is 144 Å². The Morgan fingerprint density at radius 3 is 2.17 bits per heavy atom. The van der Waals surface area contributed by atoms with Crippen molar-refractivity contribution < 1.29 is 5.11 Å². The lowest BCUT2D eigenvalue weighted by atomic mass is 9.87. The minimum atomic E-state index is 0.212. The molecule has 52 heavy (non-hydrogen) atoms. The number of aromatic nitrogens is 3. The Morgan fingerprint density at radius 2 is 1.40 bits per heavy atom. The van der Waals surface area contributed by atoms with E-state index >= 15 is 0 Å². The number of aryl methyl sites for hydroxylation is 2. The quantitative estimate of drug-likeness (QED) is 0.195. The highest BCUT2D eigenvalue weighted by atomic mass is 32.1. The molecule has 0 aliphatic carbocycles. The van der Waals surface area contributed by atoms with E-state index in [9.17, 15) is 5.11 Å². The zero-order chi connectivity index (χ0) is 35.7. The first-order valence-electron chi connectivity index (χ1n) is 17.9.